The van der Waals surface area contributed by atoms with E-state index in [1.165, 1.54) is 0 Å². The van der Waals surface area contributed by atoms with E-state index in [2.05, 4.69) is 26.8 Å². The molecule has 0 aromatic carbocycles. The fourth-order valence-corrected chi connectivity index (χ4v) is 0.375. The monoisotopic (exact) mass is 133 g/mol. The second-order valence-corrected chi connectivity index (χ2v) is 1.06. The third kappa shape index (κ3) is 4.08. The van der Waals surface area contributed by atoms with Crippen LogP contribution in [0.1, 0.15) is 13.3 Å². The molecule has 27 valence electrons. The van der Waals surface area contributed by atoms with E-state index < -0.39 is 0 Å². The number of hydrogen-bond donors (Lipinski definition) is 0. The third-order valence-corrected chi connectivity index (χ3v) is 0.552. The van der Waals surface area contributed by atoms with Gasteiger partial charge in [0.1, 0.15) is 0 Å². The van der Waals surface area contributed by atoms with Crippen molar-refractivity contribution in [3.63, 3.8) is 0 Å². The van der Waals surface area contributed by atoms with Gasteiger partial charge in [0, 0.05) is 0 Å². The van der Waals surface area contributed by atoms with Crippen molar-refractivity contribution in [1.29, 1.82) is 0 Å². The first-order valence-corrected chi connectivity index (χ1v) is 2.37. The zero-order valence-corrected chi connectivity index (χ0v) is 4.83. The molecule has 1 radical (unpaired) electrons. The van der Waals surface area contributed by atoms with Gasteiger partial charge in [0.2, 0.25) is 0 Å². The molecule has 0 fully saturated rings. The summed E-state index contributed by atoms with van der Waals surface area (Å²) in [5.74, 6) is 2.81. The predicted octanol–water partition coefficient (Wildman–Crippen LogP) is 0.526. The molecule has 0 aliphatic carbocycles. The van der Waals surface area contributed by atoms with E-state index in [9.17, 15) is 0 Å². The van der Waals surface area contributed by atoms with Crippen LogP contribution in [0.4, 0.5) is 0 Å². The van der Waals surface area contributed by atoms with Gasteiger partial charge < -0.3 is 0 Å². The van der Waals surface area contributed by atoms with E-state index >= 15 is 0 Å². The van der Waals surface area contributed by atoms with Crippen LogP contribution in [-0.4, -0.2) is 16.0 Å². The summed E-state index contributed by atoms with van der Waals surface area (Å²) in [6.45, 7) is 2.02. The molecule has 0 bridgehead atoms. The zero-order valence-electron chi connectivity index (χ0n) is 3.12. The molecule has 0 aliphatic rings. The summed E-state index contributed by atoms with van der Waals surface area (Å²) in [6.07, 6.45) is 0.951. The molecule has 0 nitrogen and oxygen atoms in total. The molecule has 0 N–H and O–H groups in total. The van der Waals surface area contributed by atoms with Gasteiger partial charge in [-0.2, -0.15) is 0 Å². The Kier molecular flexibility index (Phi) is 4.14. The molecule has 0 saturated carbocycles. The Balaban J connectivity index is 2.81. The van der Waals surface area contributed by atoms with Gasteiger partial charge in [0.25, 0.3) is 0 Å². The van der Waals surface area contributed by atoms with Crippen molar-refractivity contribution in [1.82, 2.24) is 0 Å². The normalized spacial score (nSPS) is 5.00. The fraction of sp³-hybridized carbons (Fsp3) is 0.500. The molecule has 5 heavy (non-hydrogen) atoms. The molecule has 0 aliphatic heterocycles. The molecule has 0 rings (SSSR count). The first-order chi connectivity index (χ1) is 2.41. The summed E-state index contributed by atoms with van der Waals surface area (Å²) in [6, 6.07) is 0. The maximum absolute atomic E-state index is 2.81. The van der Waals surface area contributed by atoms with Crippen LogP contribution in [0.2, 0.25) is 0 Å². The van der Waals surface area contributed by atoms with Crippen molar-refractivity contribution in [2.24, 2.45) is 0 Å². The summed E-state index contributed by atoms with van der Waals surface area (Å²) < 4.78 is 0. The Hall–Kier alpha value is 0.0795. The summed E-state index contributed by atoms with van der Waals surface area (Å²) in [5.41, 5.74) is 0. The van der Waals surface area contributed by atoms with E-state index in [0.29, 0.717) is 0 Å². The second-order valence-electron chi connectivity index (χ2n) is 0.632. The van der Waals surface area contributed by atoms with Crippen molar-refractivity contribution in [3.05, 3.63) is 0 Å². The van der Waals surface area contributed by atoms with E-state index in [4.69, 9.17) is 0 Å². The predicted molar refractivity (Wildman–Crippen MR) is 23.8 cm³/mol. The van der Waals surface area contributed by atoms with Crippen molar-refractivity contribution >= 4 is 16.0 Å². The van der Waals surface area contributed by atoms with Crippen molar-refractivity contribution in [2.45, 2.75) is 13.3 Å². The van der Waals surface area contributed by atoms with E-state index in [-0.39, 0.29) is 0 Å². The van der Waals surface area contributed by atoms with E-state index in [0.717, 1.165) is 6.42 Å². The first-order valence-electron chi connectivity index (χ1n) is 1.51. The van der Waals surface area contributed by atoms with Crippen LogP contribution in [-0.2, 0) is 0 Å². The van der Waals surface area contributed by atoms with Gasteiger partial charge in [-0.15, -0.1) is 0 Å². The zero-order chi connectivity index (χ0) is 4.12. The van der Waals surface area contributed by atoms with Gasteiger partial charge in [0.15, 0.2) is 0 Å². The van der Waals surface area contributed by atoms with Crippen LogP contribution in [0.15, 0.2) is 0 Å². The van der Waals surface area contributed by atoms with Gasteiger partial charge in [-0.1, -0.05) is 0 Å². The Labute approximate surface area is 40.8 Å². The van der Waals surface area contributed by atoms with Gasteiger partial charge in [-0.3, -0.25) is 0 Å². The van der Waals surface area contributed by atoms with Crippen molar-refractivity contribution < 1.29 is 0 Å². The molecule has 0 spiro atoms. The van der Waals surface area contributed by atoms with Gasteiger partial charge in [0.05, 0.1) is 0 Å². The first kappa shape index (κ1) is 5.08. The molecule has 0 heterocycles. The van der Waals surface area contributed by atoms with E-state index in [1.54, 1.807) is 0 Å². The van der Waals surface area contributed by atoms with Crippen LogP contribution in [0, 0.1) is 10.7 Å². The Morgan fingerprint density at radius 2 is 2.40 bits per heavy atom. The Bertz CT molecular complexity index is 55.8. The third-order valence-electron chi connectivity index (χ3n) is 0.249. The molecule has 0 aromatic heterocycles. The molecular weight excluding hydrogens is 127 g/mol. The minimum atomic E-state index is 0.951. The summed E-state index contributed by atoms with van der Waals surface area (Å²) in [4.78, 5) is 2.64. The molecule has 1 heteroatoms. The standard InChI is InChI=1S/C4H5Se/c1-2-3-4-5/h2H2,1H3. The summed E-state index contributed by atoms with van der Waals surface area (Å²) >= 11 is 2.58. The van der Waals surface area contributed by atoms with Crippen LogP contribution >= 0.6 is 0 Å². The molecule has 0 saturated heterocycles. The maximum atomic E-state index is 2.81. The molecule has 0 unspecified atom stereocenters. The minimum absolute atomic E-state index is 0.951. The number of hydrogen-bond acceptors (Lipinski definition) is 0. The molecule has 0 amide bonds. The van der Waals surface area contributed by atoms with Crippen LogP contribution < -0.4 is 0 Å². The molecule has 0 aromatic rings. The van der Waals surface area contributed by atoms with Crippen LogP contribution in [0.3, 0.4) is 0 Å². The van der Waals surface area contributed by atoms with Crippen LogP contribution in [0.25, 0.3) is 0 Å². The fourth-order valence-electron chi connectivity index (χ4n) is 0.0722. The van der Waals surface area contributed by atoms with Gasteiger partial charge in [-0.25, -0.2) is 0 Å². The van der Waals surface area contributed by atoms with Gasteiger partial charge in [-0.05, 0) is 0 Å². The quantitative estimate of drug-likeness (QED) is 0.333. The Morgan fingerprint density at radius 1 is 1.80 bits per heavy atom. The average molecular weight is 132 g/mol. The number of rotatable bonds is 0. The summed E-state index contributed by atoms with van der Waals surface area (Å²) in [7, 11) is 0. The Morgan fingerprint density at radius 3 is 2.40 bits per heavy atom. The van der Waals surface area contributed by atoms with Gasteiger partial charge >= 0.3 is 40.1 Å². The van der Waals surface area contributed by atoms with Crippen molar-refractivity contribution in [3.8, 4) is 10.7 Å². The van der Waals surface area contributed by atoms with Crippen molar-refractivity contribution in [2.75, 3.05) is 0 Å². The second kappa shape index (κ2) is 4.08. The molecule has 0 atom stereocenters. The molecular formula is C4H5Se. The SMILES string of the molecule is CCC#C[Se]. The summed E-state index contributed by atoms with van der Waals surface area (Å²) in [5, 5.41) is 0. The average Bonchev–Trinajstić information content (AvgIpc) is 1.41. The van der Waals surface area contributed by atoms with Crippen LogP contribution in [0.5, 0.6) is 0 Å². The topological polar surface area (TPSA) is 0 Å². The van der Waals surface area contributed by atoms with E-state index in [1.807, 2.05) is 6.92 Å².